The van der Waals surface area contributed by atoms with Gasteiger partial charge in [0.05, 0.1) is 6.10 Å². The molecule has 2 N–H and O–H groups in total. The maximum atomic E-state index is 10.8. The number of thioether (sulfide) groups is 1. The molecule has 0 saturated carbocycles. The van der Waals surface area contributed by atoms with Crippen molar-refractivity contribution in [2.45, 2.75) is 32.5 Å². The molecule has 0 aliphatic heterocycles. The van der Waals surface area contributed by atoms with Crippen LogP contribution in [-0.2, 0) is 11.2 Å². The lowest BCUT2D eigenvalue weighted by atomic mass is 10.0. The molecule has 0 bridgehead atoms. The average Bonchev–Trinajstić information content (AvgIpc) is 2.35. The first kappa shape index (κ1) is 14.2. The highest BCUT2D eigenvalue weighted by atomic mass is 32.2. The lowest BCUT2D eigenvalue weighted by Crippen LogP contribution is -2.21. The molecule has 2 unspecified atom stereocenters. The minimum absolute atomic E-state index is 0.0569. The van der Waals surface area contributed by atoms with Crippen LogP contribution < -0.4 is 0 Å². The van der Waals surface area contributed by atoms with E-state index in [-0.39, 0.29) is 10.9 Å². The van der Waals surface area contributed by atoms with Crippen LogP contribution in [0.1, 0.15) is 31.1 Å². The summed E-state index contributed by atoms with van der Waals surface area (Å²) in [7, 11) is 0. The molecule has 94 valence electrons. The zero-order valence-electron chi connectivity index (χ0n) is 10.1. The molecule has 0 heterocycles. The Bertz CT molecular complexity index is 379. The van der Waals surface area contributed by atoms with Gasteiger partial charge in [-0.3, -0.25) is 4.79 Å². The number of rotatable bonds is 5. The van der Waals surface area contributed by atoms with E-state index >= 15 is 0 Å². The Morgan fingerprint density at radius 3 is 2.71 bits per heavy atom. The van der Waals surface area contributed by atoms with Crippen molar-refractivity contribution in [1.82, 2.24) is 0 Å². The monoisotopic (exact) mass is 254 g/mol. The Morgan fingerprint density at radius 1 is 1.41 bits per heavy atom. The first-order valence-corrected chi connectivity index (χ1v) is 6.61. The Kier molecular flexibility index (Phi) is 5.68. The molecule has 0 aromatic heterocycles. The summed E-state index contributed by atoms with van der Waals surface area (Å²) in [5.74, 6) is 0.215. The van der Waals surface area contributed by atoms with Gasteiger partial charge in [0.1, 0.15) is 6.10 Å². The van der Waals surface area contributed by atoms with Crippen molar-refractivity contribution >= 4 is 16.9 Å². The second kappa shape index (κ2) is 6.79. The van der Waals surface area contributed by atoms with Crippen LogP contribution >= 0.6 is 11.8 Å². The van der Waals surface area contributed by atoms with Gasteiger partial charge >= 0.3 is 0 Å². The van der Waals surface area contributed by atoms with Gasteiger partial charge in [-0.1, -0.05) is 43.0 Å². The maximum absolute atomic E-state index is 10.8. The van der Waals surface area contributed by atoms with Gasteiger partial charge in [-0.15, -0.1) is 0 Å². The molecule has 0 amide bonds. The summed E-state index contributed by atoms with van der Waals surface area (Å²) in [5.41, 5.74) is 1.81. The van der Waals surface area contributed by atoms with Crippen LogP contribution in [0, 0.1) is 0 Å². The summed E-state index contributed by atoms with van der Waals surface area (Å²) >= 11 is 1.02. The number of carbonyl (C=O) groups excluding carboxylic acids is 1. The molecule has 0 aliphatic rings. The van der Waals surface area contributed by atoms with Gasteiger partial charge in [0.15, 0.2) is 5.12 Å². The standard InChI is InChI=1S/C13H18O3S/c1-3-10-5-4-6-11(7-10)13(16)12(15)8-17-9(2)14/h4-7,12-13,15-16H,3,8H2,1-2H3. The van der Waals surface area contributed by atoms with E-state index in [1.54, 1.807) is 6.07 Å². The second-order valence-electron chi connectivity index (χ2n) is 3.91. The number of aliphatic hydroxyl groups excluding tert-OH is 2. The molecule has 3 nitrogen and oxygen atoms in total. The Morgan fingerprint density at radius 2 is 2.12 bits per heavy atom. The molecule has 17 heavy (non-hydrogen) atoms. The minimum Gasteiger partial charge on any atom is -0.389 e. The van der Waals surface area contributed by atoms with Crippen molar-refractivity contribution in [3.63, 3.8) is 0 Å². The molecular weight excluding hydrogens is 236 g/mol. The van der Waals surface area contributed by atoms with Crippen molar-refractivity contribution in [3.05, 3.63) is 35.4 Å². The molecule has 0 fully saturated rings. The van der Waals surface area contributed by atoms with E-state index in [1.165, 1.54) is 6.92 Å². The zero-order chi connectivity index (χ0) is 12.8. The highest BCUT2D eigenvalue weighted by molar-refractivity contribution is 8.13. The van der Waals surface area contributed by atoms with Crippen LogP contribution in [0.5, 0.6) is 0 Å². The van der Waals surface area contributed by atoms with E-state index < -0.39 is 12.2 Å². The lowest BCUT2D eigenvalue weighted by molar-refractivity contribution is -0.109. The normalized spacial score (nSPS) is 14.4. The minimum atomic E-state index is -0.937. The van der Waals surface area contributed by atoms with E-state index in [9.17, 15) is 15.0 Å². The zero-order valence-corrected chi connectivity index (χ0v) is 10.9. The molecule has 4 heteroatoms. The predicted octanol–water partition coefficient (Wildman–Crippen LogP) is 1.92. The fraction of sp³-hybridized carbons (Fsp3) is 0.462. The topological polar surface area (TPSA) is 57.5 Å². The highest BCUT2D eigenvalue weighted by Crippen LogP contribution is 2.21. The first-order valence-electron chi connectivity index (χ1n) is 5.63. The summed E-state index contributed by atoms with van der Waals surface area (Å²) in [4.78, 5) is 10.8. The van der Waals surface area contributed by atoms with Gasteiger partial charge in [-0.2, -0.15) is 0 Å². The number of benzene rings is 1. The van der Waals surface area contributed by atoms with Crippen LogP contribution in [0.25, 0.3) is 0 Å². The smallest absolute Gasteiger partial charge is 0.185 e. The van der Waals surface area contributed by atoms with E-state index in [1.807, 2.05) is 25.1 Å². The third kappa shape index (κ3) is 4.50. The summed E-state index contributed by atoms with van der Waals surface area (Å²) in [5, 5.41) is 19.7. The van der Waals surface area contributed by atoms with Gasteiger partial charge in [0, 0.05) is 12.7 Å². The van der Waals surface area contributed by atoms with Crippen molar-refractivity contribution in [3.8, 4) is 0 Å². The van der Waals surface area contributed by atoms with Crippen LogP contribution in [0.2, 0.25) is 0 Å². The Labute approximate surface area is 106 Å². The van der Waals surface area contributed by atoms with Crippen LogP contribution in [0.3, 0.4) is 0 Å². The predicted molar refractivity (Wildman–Crippen MR) is 69.9 cm³/mol. The van der Waals surface area contributed by atoms with E-state index in [0.29, 0.717) is 5.56 Å². The first-order chi connectivity index (χ1) is 8.04. The van der Waals surface area contributed by atoms with Crippen molar-refractivity contribution in [1.29, 1.82) is 0 Å². The SMILES string of the molecule is CCc1cccc(C(O)C(O)CSC(C)=O)c1. The maximum Gasteiger partial charge on any atom is 0.185 e. The third-order valence-corrected chi connectivity index (χ3v) is 3.44. The lowest BCUT2D eigenvalue weighted by Gasteiger charge is -2.17. The molecule has 1 rings (SSSR count). The third-order valence-electron chi connectivity index (χ3n) is 2.52. The van der Waals surface area contributed by atoms with Crippen molar-refractivity contribution < 1.29 is 15.0 Å². The molecule has 2 atom stereocenters. The fourth-order valence-corrected chi connectivity index (χ4v) is 2.10. The van der Waals surface area contributed by atoms with Gasteiger partial charge in [0.25, 0.3) is 0 Å². The Hall–Kier alpha value is -0.840. The molecule has 1 aromatic rings. The van der Waals surface area contributed by atoms with E-state index in [0.717, 1.165) is 23.7 Å². The summed E-state index contributed by atoms with van der Waals surface area (Å²) in [6.45, 7) is 3.48. The van der Waals surface area contributed by atoms with Gasteiger partial charge in [-0.05, 0) is 17.5 Å². The molecule has 1 aromatic carbocycles. The van der Waals surface area contributed by atoms with Crippen molar-refractivity contribution in [2.24, 2.45) is 0 Å². The largest absolute Gasteiger partial charge is 0.389 e. The number of hydrogen-bond acceptors (Lipinski definition) is 4. The molecular formula is C13H18O3S. The summed E-state index contributed by atoms with van der Waals surface area (Å²) in [6.07, 6.45) is -0.969. The number of hydrogen-bond donors (Lipinski definition) is 2. The fourth-order valence-electron chi connectivity index (χ4n) is 1.51. The number of aliphatic hydroxyl groups is 2. The van der Waals surface area contributed by atoms with Crippen LogP contribution in [0.4, 0.5) is 0 Å². The molecule has 0 saturated heterocycles. The summed E-state index contributed by atoms with van der Waals surface area (Å²) in [6, 6.07) is 7.51. The molecule has 0 radical (unpaired) electrons. The highest BCUT2D eigenvalue weighted by Gasteiger charge is 2.19. The second-order valence-corrected chi connectivity index (χ2v) is 5.11. The molecule has 0 aliphatic carbocycles. The van der Waals surface area contributed by atoms with Gasteiger partial charge < -0.3 is 10.2 Å². The number of carbonyl (C=O) groups is 1. The van der Waals surface area contributed by atoms with E-state index in [2.05, 4.69) is 0 Å². The van der Waals surface area contributed by atoms with E-state index in [4.69, 9.17) is 0 Å². The van der Waals surface area contributed by atoms with Crippen LogP contribution in [0.15, 0.2) is 24.3 Å². The van der Waals surface area contributed by atoms with Crippen molar-refractivity contribution in [2.75, 3.05) is 5.75 Å². The van der Waals surface area contributed by atoms with Gasteiger partial charge in [-0.25, -0.2) is 0 Å². The molecule has 0 spiro atoms. The number of aryl methyl sites for hydroxylation is 1. The van der Waals surface area contributed by atoms with Crippen LogP contribution in [-0.4, -0.2) is 27.2 Å². The average molecular weight is 254 g/mol. The van der Waals surface area contributed by atoms with Gasteiger partial charge in [0.2, 0.25) is 0 Å². The summed E-state index contributed by atoms with van der Waals surface area (Å²) < 4.78 is 0. The quantitative estimate of drug-likeness (QED) is 0.843. The Balaban J connectivity index is 2.66.